The van der Waals surface area contributed by atoms with Crippen LogP contribution in [0.15, 0.2) is 53.7 Å². The number of likely N-dealkylation sites (N-methyl/N-ethyl adjacent to an activating group) is 1. The van der Waals surface area contributed by atoms with Crippen LogP contribution < -0.4 is 10.1 Å². The number of aryl methyl sites for hydroxylation is 1. The molecule has 3 aromatic rings. The summed E-state index contributed by atoms with van der Waals surface area (Å²) < 4.78 is 7.20. The Morgan fingerprint density at radius 3 is 2.47 bits per heavy atom. The van der Waals surface area contributed by atoms with Gasteiger partial charge in [-0.1, -0.05) is 36.9 Å². The van der Waals surface area contributed by atoms with Crippen LogP contribution in [-0.4, -0.2) is 57.4 Å². The van der Waals surface area contributed by atoms with E-state index in [4.69, 9.17) is 4.74 Å². The zero-order valence-corrected chi connectivity index (χ0v) is 21.1. The minimum atomic E-state index is -0.432. The average Bonchev–Trinajstić information content (AvgIpc) is 3.26. The van der Waals surface area contributed by atoms with Crippen molar-refractivity contribution in [2.75, 3.05) is 26.0 Å². The summed E-state index contributed by atoms with van der Waals surface area (Å²) in [5, 5.41) is 11.8. The van der Waals surface area contributed by atoms with E-state index in [1.807, 2.05) is 73.9 Å². The van der Waals surface area contributed by atoms with Gasteiger partial charge in [0.05, 0.1) is 18.9 Å². The molecule has 0 radical (unpaired) electrons. The fourth-order valence-electron chi connectivity index (χ4n) is 3.57. The molecule has 8 nitrogen and oxygen atoms in total. The normalized spacial score (nSPS) is 11.7. The van der Waals surface area contributed by atoms with E-state index in [0.717, 1.165) is 34.8 Å². The van der Waals surface area contributed by atoms with Gasteiger partial charge in [-0.15, -0.1) is 10.2 Å². The lowest BCUT2D eigenvalue weighted by molar-refractivity contribution is -0.132. The number of carbonyl (C=O) groups excluding carboxylic acids is 2. The summed E-state index contributed by atoms with van der Waals surface area (Å²) >= 11 is 1.33. The Labute approximate surface area is 204 Å². The molecule has 0 saturated carbocycles. The van der Waals surface area contributed by atoms with Gasteiger partial charge in [-0.3, -0.25) is 9.59 Å². The Morgan fingerprint density at radius 2 is 1.82 bits per heavy atom. The number of nitrogens with one attached hydrogen (secondary N) is 1. The first-order chi connectivity index (χ1) is 16.4. The number of nitrogens with zero attached hydrogens (tertiary/aromatic N) is 4. The van der Waals surface area contributed by atoms with Crippen molar-refractivity contribution < 1.29 is 14.3 Å². The highest BCUT2D eigenvalue weighted by atomic mass is 32.2. The molecule has 0 aliphatic carbocycles. The summed E-state index contributed by atoms with van der Waals surface area (Å²) in [7, 11) is 3.26. The van der Waals surface area contributed by atoms with Gasteiger partial charge in [0.1, 0.15) is 5.75 Å². The summed E-state index contributed by atoms with van der Waals surface area (Å²) in [4.78, 5) is 26.9. The molecule has 3 rings (SSSR count). The number of thioether (sulfide) groups is 1. The van der Waals surface area contributed by atoms with Crippen LogP contribution in [0.1, 0.15) is 26.3 Å². The second-order valence-corrected chi connectivity index (χ2v) is 9.10. The van der Waals surface area contributed by atoms with E-state index < -0.39 is 5.25 Å². The highest BCUT2D eigenvalue weighted by Gasteiger charge is 2.24. The Hall–Kier alpha value is -3.33. The van der Waals surface area contributed by atoms with Crippen molar-refractivity contribution in [2.24, 2.45) is 0 Å². The van der Waals surface area contributed by atoms with Crippen LogP contribution in [0.4, 0.5) is 5.69 Å². The molecule has 0 bridgehead atoms. The summed E-state index contributed by atoms with van der Waals surface area (Å²) in [5.41, 5.74) is 2.75. The van der Waals surface area contributed by atoms with E-state index in [1.54, 1.807) is 14.2 Å². The number of para-hydroxylation sites is 1. The third-order valence-corrected chi connectivity index (χ3v) is 6.51. The molecule has 0 fully saturated rings. The summed E-state index contributed by atoms with van der Waals surface area (Å²) in [6.45, 7) is 6.49. The fraction of sp³-hybridized carbons (Fsp3) is 0.360. The van der Waals surface area contributed by atoms with Crippen LogP contribution >= 0.6 is 11.8 Å². The van der Waals surface area contributed by atoms with Crippen LogP contribution in [0.5, 0.6) is 5.75 Å². The number of ether oxygens (including phenoxy) is 1. The lowest BCUT2D eigenvalue weighted by atomic mass is 10.1. The molecule has 34 heavy (non-hydrogen) atoms. The van der Waals surface area contributed by atoms with Crippen molar-refractivity contribution >= 4 is 29.3 Å². The molecule has 9 heteroatoms. The predicted octanol–water partition coefficient (Wildman–Crippen LogP) is 4.11. The number of amides is 2. The topological polar surface area (TPSA) is 89.3 Å². The lowest BCUT2D eigenvalue weighted by Gasteiger charge is -2.21. The Morgan fingerprint density at radius 1 is 1.12 bits per heavy atom. The Bertz CT molecular complexity index is 1130. The molecule has 0 spiro atoms. The molecule has 1 unspecified atom stereocenters. The molecule has 1 aromatic heterocycles. The van der Waals surface area contributed by atoms with E-state index in [-0.39, 0.29) is 18.4 Å². The maximum absolute atomic E-state index is 13.0. The van der Waals surface area contributed by atoms with Crippen molar-refractivity contribution in [1.82, 2.24) is 19.7 Å². The maximum Gasteiger partial charge on any atom is 0.243 e. The number of hydrogen-bond acceptors (Lipinski definition) is 6. The zero-order valence-electron chi connectivity index (χ0n) is 20.2. The molecular weight excluding hydrogens is 450 g/mol. The second kappa shape index (κ2) is 11.7. The first-order valence-electron chi connectivity index (χ1n) is 11.2. The van der Waals surface area contributed by atoms with E-state index >= 15 is 0 Å². The van der Waals surface area contributed by atoms with Gasteiger partial charge in [-0.25, -0.2) is 0 Å². The van der Waals surface area contributed by atoms with E-state index in [0.29, 0.717) is 11.7 Å². The lowest BCUT2D eigenvalue weighted by Crippen LogP contribution is -2.39. The van der Waals surface area contributed by atoms with Gasteiger partial charge in [0, 0.05) is 24.8 Å². The maximum atomic E-state index is 13.0. The largest absolute Gasteiger partial charge is 0.497 e. The molecule has 180 valence electrons. The number of aromatic nitrogens is 3. The summed E-state index contributed by atoms with van der Waals surface area (Å²) in [6, 6.07) is 15.3. The van der Waals surface area contributed by atoms with Gasteiger partial charge in [-0.05, 0) is 56.2 Å². The van der Waals surface area contributed by atoms with Gasteiger partial charge in [0.25, 0.3) is 0 Å². The minimum absolute atomic E-state index is 0.0284. The van der Waals surface area contributed by atoms with Crippen LogP contribution in [-0.2, 0) is 22.6 Å². The average molecular weight is 482 g/mol. The monoisotopic (exact) mass is 481 g/mol. The van der Waals surface area contributed by atoms with Crippen LogP contribution in [0.3, 0.4) is 0 Å². The number of carbonyl (C=O) groups is 2. The molecular formula is C25H31N5O3S. The third-order valence-electron chi connectivity index (χ3n) is 5.44. The second-order valence-electron chi connectivity index (χ2n) is 7.79. The molecule has 1 N–H and O–H groups in total. The summed E-state index contributed by atoms with van der Waals surface area (Å²) in [6.07, 6.45) is 0.815. The van der Waals surface area contributed by atoms with Crippen molar-refractivity contribution in [3.63, 3.8) is 0 Å². The molecule has 1 atom stereocenters. The van der Waals surface area contributed by atoms with Gasteiger partial charge >= 0.3 is 0 Å². The number of methoxy groups -OCH3 is 1. The molecule has 2 amide bonds. The van der Waals surface area contributed by atoms with Crippen molar-refractivity contribution in [2.45, 2.75) is 44.1 Å². The standard InChI is InChI=1S/C25H31N5O3S/c1-6-18-10-8-9-11-21(18)26-22(31)16-29(4)24(32)17(3)34-25-28-27-23(30(25)7-2)19-12-14-20(33-5)15-13-19/h8-15,17H,6-7,16H2,1-5H3,(H,26,31). The van der Waals surface area contributed by atoms with Gasteiger partial charge < -0.3 is 19.5 Å². The molecule has 1 heterocycles. The van der Waals surface area contributed by atoms with E-state index in [1.165, 1.54) is 16.7 Å². The van der Waals surface area contributed by atoms with Crippen LogP contribution in [0, 0.1) is 0 Å². The van der Waals surface area contributed by atoms with Crippen molar-refractivity contribution in [1.29, 1.82) is 0 Å². The number of hydrogen-bond donors (Lipinski definition) is 1. The van der Waals surface area contributed by atoms with Gasteiger partial charge in [-0.2, -0.15) is 0 Å². The van der Waals surface area contributed by atoms with Gasteiger partial charge in [0.15, 0.2) is 11.0 Å². The molecule has 0 aliphatic heterocycles. The Balaban J connectivity index is 1.64. The first-order valence-corrected chi connectivity index (χ1v) is 12.1. The number of benzene rings is 2. The van der Waals surface area contributed by atoms with Crippen LogP contribution in [0.2, 0.25) is 0 Å². The zero-order chi connectivity index (χ0) is 24.7. The number of rotatable bonds is 10. The summed E-state index contributed by atoms with van der Waals surface area (Å²) in [5.74, 6) is 1.12. The first kappa shape index (κ1) is 25.3. The smallest absolute Gasteiger partial charge is 0.243 e. The quantitative estimate of drug-likeness (QED) is 0.438. The Kier molecular flexibility index (Phi) is 8.70. The minimum Gasteiger partial charge on any atom is -0.497 e. The van der Waals surface area contributed by atoms with E-state index in [9.17, 15) is 9.59 Å². The molecule has 2 aromatic carbocycles. The van der Waals surface area contributed by atoms with Gasteiger partial charge in [0.2, 0.25) is 11.8 Å². The number of anilines is 1. The highest BCUT2D eigenvalue weighted by molar-refractivity contribution is 8.00. The molecule has 0 saturated heterocycles. The molecule has 0 aliphatic rings. The van der Waals surface area contributed by atoms with Crippen molar-refractivity contribution in [3.05, 3.63) is 54.1 Å². The SMILES string of the molecule is CCc1ccccc1NC(=O)CN(C)C(=O)C(C)Sc1nnc(-c2ccc(OC)cc2)n1CC. The van der Waals surface area contributed by atoms with Crippen molar-refractivity contribution in [3.8, 4) is 17.1 Å². The fourth-order valence-corrected chi connectivity index (χ4v) is 4.59. The highest BCUT2D eigenvalue weighted by Crippen LogP contribution is 2.28. The predicted molar refractivity (Wildman–Crippen MR) is 135 cm³/mol. The third kappa shape index (κ3) is 5.96. The van der Waals surface area contributed by atoms with Crippen LogP contribution in [0.25, 0.3) is 11.4 Å². The van der Waals surface area contributed by atoms with E-state index in [2.05, 4.69) is 15.5 Å².